The molecule has 0 unspecified atom stereocenters. The Morgan fingerprint density at radius 1 is 1.11 bits per heavy atom. The second-order valence-corrected chi connectivity index (χ2v) is 5.47. The normalized spacial score (nSPS) is 11.3. The SMILES string of the molecule is O=C(Nc1ccccc1F)c1ccn(COc2cccc(C(F)(F)F)c2)n1. The fourth-order valence-electron chi connectivity index (χ4n) is 2.21. The first-order chi connectivity index (χ1) is 12.8. The maximum atomic E-state index is 13.6. The Labute approximate surface area is 151 Å². The molecular formula is C18H13F4N3O2. The number of para-hydroxylation sites is 1. The van der Waals surface area contributed by atoms with Crippen molar-refractivity contribution in [1.82, 2.24) is 9.78 Å². The summed E-state index contributed by atoms with van der Waals surface area (Å²) in [5.74, 6) is -1.20. The quantitative estimate of drug-likeness (QED) is 0.672. The first kappa shape index (κ1) is 18.4. The van der Waals surface area contributed by atoms with Crippen LogP contribution in [0.25, 0.3) is 0 Å². The summed E-state index contributed by atoms with van der Waals surface area (Å²) in [4.78, 5) is 12.1. The van der Waals surface area contributed by atoms with Gasteiger partial charge in [0.15, 0.2) is 12.4 Å². The van der Waals surface area contributed by atoms with E-state index in [2.05, 4.69) is 10.4 Å². The zero-order valence-electron chi connectivity index (χ0n) is 13.7. The molecule has 0 aliphatic carbocycles. The summed E-state index contributed by atoms with van der Waals surface area (Å²) in [5.41, 5.74) is -0.811. The molecule has 3 aromatic rings. The number of rotatable bonds is 5. The Kier molecular flexibility index (Phi) is 5.11. The molecule has 0 radical (unpaired) electrons. The molecule has 1 amide bonds. The zero-order valence-corrected chi connectivity index (χ0v) is 13.7. The maximum Gasteiger partial charge on any atom is 0.416 e. The van der Waals surface area contributed by atoms with Gasteiger partial charge in [0.05, 0.1) is 11.3 Å². The van der Waals surface area contributed by atoms with Gasteiger partial charge in [-0.25, -0.2) is 9.07 Å². The Bertz CT molecular complexity index is 954. The Hall–Kier alpha value is -3.36. The second-order valence-electron chi connectivity index (χ2n) is 5.47. The van der Waals surface area contributed by atoms with Gasteiger partial charge in [-0.2, -0.15) is 18.3 Å². The van der Waals surface area contributed by atoms with Gasteiger partial charge in [-0.3, -0.25) is 4.79 Å². The number of benzene rings is 2. The van der Waals surface area contributed by atoms with Crippen molar-refractivity contribution in [3.05, 3.63) is 77.9 Å². The third kappa shape index (κ3) is 4.63. The number of nitrogens with zero attached hydrogens (tertiary/aromatic N) is 2. The van der Waals surface area contributed by atoms with E-state index in [4.69, 9.17) is 4.74 Å². The molecule has 0 spiro atoms. The van der Waals surface area contributed by atoms with Crippen molar-refractivity contribution in [2.75, 3.05) is 5.32 Å². The summed E-state index contributed by atoms with van der Waals surface area (Å²) in [5, 5.41) is 6.34. The van der Waals surface area contributed by atoms with Crippen LogP contribution in [0.5, 0.6) is 5.75 Å². The van der Waals surface area contributed by atoms with Crippen molar-refractivity contribution >= 4 is 11.6 Å². The van der Waals surface area contributed by atoms with Crippen LogP contribution in [0.2, 0.25) is 0 Å². The van der Waals surface area contributed by atoms with E-state index in [-0.39, 0.29) is 23.9 Å². The van der Waals surface area contributed by atoms with E-state index >= 15 is 0 Å². The van der Waals surface area contributed by atoms with E-state index in [0.717, 1.165) is 12.1 Å². The van der Waals surface area contributed by atoms with Crippen molar-refractivity contribution in [2.45, 2.75) is 12.9 Å². The summed E-state index contributed by atoms with van der Waals surface area (Å²) in [6.07, 6.45) is -3.05. The highest BCUT2D eigenvalue weighted by molar-refractivity contribution is 6.02. The molecule has 2 aromatic carbocycles. The molecule has 0 bridgehead atoms. The van der Waals surface area contributed by atoms with Crippen LogP contribution in [0.4, 0.5) is 23.2 Å². The van der Waals surface area contributed by atoms with Crippen molar-refractivity contribution in [1.29, 1.82) is 0 Å². The van der Waals surface area contributed by atoms with Crippen molar-refractivity contribution in [2.24, 2.45) is 0 Å². The van der Waals surface area contributed by atoms with Crippen LogP contribution in [-0.4, -0.2) is 15.7 Å². The molecule has 140 valence electrons. The monoisotopic (exact) mass is 379 g/mol. The Morgan fingerprint density at radius 3 is 2.63 bits per heavy atom. The number of aromatic nitrogens is 2. The van der Waals surface area contributed by atoms with Gasteiger partial charge in [0.25, 0.3) is 5.91 Å². The molecule has 1 aromatic heterocycles. The number of ether oxygens (including phenoxy) is 1. The topological polar surface area (TPSA) is 56.2 Å². The fraction of sp³-hybridized carbons (Fsp3) is 0.111. The molecule has 9 heteroatoms. The average molecular weight is 379 g/mol. The van der Waals surface area contributed by atoms with Crippen LogP contribution >= 0.6 is 0 Å². The molecule has 1 heterocycles. The minimum atomic E-state index is -4.47. The van der Waals surface area contributed by atoms with E-state index < -0.39 is 23.5 Å². The fourth-order valence-corrected chi connectivity index (χ4v) is 2.21. The molecule has 0 aliphatic rings. The summed E-state index contributed by atoms with van der Waals surface area (Å²) in [7, 11) is 0. The van der Waals surface area contributed by atoms with Gasteiger partial charge in [-0.1, -0.05) is 18.2 Å². The standard InChI is InChI=1S/C18H13F4N3O2/c19-14-6-1-2-7-15(14)23-17(26)16-8-9-25(24-16)11-27-13-5-3-4-12(10-13)18(20,21)22/h1-10H,11H2,(H,23,26). The lowest BCUT2D eigenvalue weighted by Crippen LogP contribution is -2.15. The number of nitrogens with one attached hydrogen (secondary N) is 1. The molecule has 0 saturated carbocycles. The largest absolute Gasteiger partial charge is 0.471 e. The number of alkyl halides is 3. The summed E-state index contributed by atoms with van der Waals surface area (Å²) in [6.45, 7) is -0.200. The van der Waals surface area contributed by atoms with Crippen LogP contribution < -0.4 is 10.1 Å². The maximum absolute atomic E-state index is 13.6. The lowest BCUT2D eigenvalue weighted by molar-refractivity contribution is -0.137. The highest BCUT2D eigenvalue weighted by atomic mass is 19.4. The van der Waals surface area contributed by atoms with E-state index in [0.29, 0.717) is 0 Å². The number of hydrogen-bond donors (Lipinski definition) is 1. The van der Waals surface area contributed by atoms with Crippen molar-refractivity contribution < 1.29 is 27.1 Å². The number of halogens is 4. The molecule has 0 atom stereocenters. The van der Waals surface area contributed by atoms with Crippen LogP contribution in [0, 0.1) is 5.82 Å². The van der Waals surface area contributed by atoms with Gasteiger partial charge in [-0.15, -0.1) is 0 Å². The predicted octanol–water partition coefficient (Wildman–Crippen LogP) is 4.33. The van der Waals surface area contributed by atoms with E-state index in [1.54, 1.807) is 6.07 Å². The second kappa shape index (κ2) is 7.48. The predicted molar refractivity (Wildman–Crippen MR) is 88.7 cm³/mol. The summed E-state index contributed by atoms with van der Waals surface area (Å²) in [6, 6.07) is 11.5. The van der Waals surface area contributed by atoms with Gasteiger partial charge in [-0.05, 0) is 36.4 Å². The van der Waals surface area contributed by atoms with Gasteiger partial charge in [0.1, 0.15) is 11.6 Å². The third-order valence-electron chi connectivity index (χ3n) is 3.52. The van der Waals surface area contributed by atoms with E-state index in [9.17, 15) is 22.4 Å². The van der Waals surface area contributed by atoms with Crippen LogP contribution in [0.1, 0.15) is 16.1 Å². The number of carbonyl (C=O) groups excluding carboxylic acids is 1. The Morgan fingerprint density at radius 2 is 1.89 bits per heavy atom. The number of carbonyl (C=O) groups is 1. The molecular weight excluding hydrogens is 366 g/mol. The Balaban J connectivity index is 1.63. The van der Waals surface area contributed by atoms with Crippen LogP contribution in [0.15, 0.2) is 60.8 Å². The van der Waals surface area contributed by atoms with E-state index in [1.807, 2.05) is 0 Å². The number of hydrogen-bond acceptors (Lipinski definition) is 3. The smallest absolute Gasteiger partial charge is 0.416 e. The minimum Gasteiger partial charge on any atom is -0.471 e. The lowest BCUT2D eigenvalue weighted by Gasteiger charge is -2.10. The highest BCUT2D eigenvalue weighted by Crippen LogP contribution is 2.31. The van der Waals surface area contributed by atoms with Gasteiger partial charge in [0, 0.05) is 6.20 Å². The first-order valence-electron chi connectivity index (χ1n) is 7.72. The summed E-state index contributed by atoms with van der Waals surface area (Å²) >= 11 is 0. The molecule has 0 fully saturated rings. The number of amides is 1. The van der Waals surface area contributed by atoms with Gasteiger partial charge >= 0.3 is 6.18 Å². The van der Waals surface area contributed by atoms with Crippen molar-refractivity contribution in [3.8, 4) is 5.75 Å². The summed E-state index contributed by atoms with van der Waals surface area (Å²) < 4.78 is 58.1. The molecule has 0 aliphatic heterocycles. The van der Waals surface area contributed by atoms with Gasteiger partial charge < -0.3 is 10.1 Å². The molecule has 3 rings (SSSR count). The van der Waals surface area contributed by atoms with Crippen LogP contribution in [0.3, 0.4) is 0 Å². The molecule has 27 heavy (non-hydrogen) atoms. The first-order valence-corrected chi connectivity index (χ1v) is 7.72. The molecule has 1 N–H and O–H groups in total. The zero-order chi connectivity index (χ0) is 19.4. The van der Waals surface area contributed by atoms with E-state index in [1.165, 1.54) is 47.3 Å². The molecule has 0 saturated heterocycles. The highest BCUT2D eigenvalue weighted by Gasteiger charge is 2.30. The number of anilines is 1. The van der Waals surface area contributed by atoms with Crippen molar-refractivity contribution in [3.63, 3.8) is 0 Å². The third-order valence-corrected chi connectivity index (χ3v) is 3.52. The van der Waals surface area contributed by atoms with Gasteiger partial charge in [0.2, 0.25) is 0 Å². The average Bonchev–Trinajstić information content (AvgIpc) is 3.11. The minimum absolute atomic E-state index is 0.00546. The van der Waals surface area contributed by atoms with Crippen LogP contribution in [-0.2, 0) is 12.9 Å². The molecule has 5 nitrogen and oxygen atoms in total. The lowest BCUT2D eigenvalue weighted by atomic mass is 10.2.